The molecule has 0 heterocycles. The predicted molar refractivity (Wildman–Crippen MR) is 99.1 cm³/mol. The first kappa shape index (κ1) is 18.6. The highest BCUT2D eigenvalue weighted by Crippen LogP contribution is 2.39. The number of hydrogen-bond acceptors (Lipinski definition) is 4. The zero-order valence-electron chi connectivity index (χ0n) is 15.2. The average molecular weight is 343 g/mol. The number of carbonyl (C=O) groups excluding carboxylic acids is 1. The van der Waals surface area contributed by atoms with Crippen molar-refractivity contribution >= 4 is 11.6 Å². The molecule has 0 atom stereocenters. The van der Waals surface area contributed by atoms with Gasteiger partial charge in [-0.1, -0.05) is 25.5 Å². The number of amides is 1. The van der Waals surface area contributed by atoms with Crippen LogP contribution in [0.5, 0.6) is 17.2 Å². The van der Waals surface area contributed by atoms with Gasteiger partial charge in [-0.25, -0.2) is 0 Å². The van der Waals surface area contributed by atoms with E-state index in [1.807, 2.05) is 24.3 Å². The number of methoxy groups -OCH3 is 3. The molecule has 0 radical (unpaired) electrons. The molecule has 0 aromatic heterocycles. The van der Waals surface area contributed by atoms with Gasteiger partial charge >= 0.3 is 0 Å². The molecule has 0 fully saturated rings. The van der Waals surface area contributed by atoms with Crippen LogP contribution < -0.4 is 19.5 Å². The van der Waals surface area contributed by atoms with Gasteiger partial charge in [-0.2, -0.15) is 0 Å². The Labute approximate surface area is 148 Å². The molecule has 0 spiro atoms. The summed E-state index contributed by atoms with van der Waals surface area (Å²) in [4.78, 5) is 12.6. The van der Waals surface area contributed by atoms with Gasteiger partial charge in [0.15, 0.2) is 11.5 Å². The van der Waals surface area contributed by atoms with Crippen LogP contribution in [0.3, 0.4) is 0 Å². The van der Waals surface area contributed by atoms with Crippen LogP contribution in [0.4, 0.5) is 5.69 Å². The van der Waals surface area contributed by atoms with Crippen molar-refractivity contribution in [3.8, 4) is 17.2 Å². The Kier molecular flexibility index (Phi) is 6.69. The molecule has 2 aromatic carbocycles. The Bertz CT molecular complexity index is 710. The van der Waals surface area contributed by atoms with E-state index >= 15 is 0 Å². The molecule has 0 aliphatic carbocycles. The summed E-state index contributed by atoms with van der Waals surface area (Å²) in [6.45, 7) is 2.17. The third-order valence-electron chi connectivity index (χ3n) is 3.98. The molecule has 0 aliphatic heterocycles. The van der Waals surface area contributed by atoms with Crippen molar-refractivity contribution < 1.29 is 19.0 Å². The van der Waals surface area contributed by atoms with Gasteiger partial charge in [0.05, 0.1) is 26.9 Å². The summed E-state index contributed by atoms with van der Waals surface area (Å²) >= 11 is 0. The van der Waals surface area contributed by atoms with Crippen molar-refractivity contribution in [2.24, 2.45) is 0 Å². The van der Waals surface area contributed by atoms with Gasteiger partial charge in [0, 0.05) is 5.69 Å². The lowest BCUT2D eigenvalue weighted by atomic mass is 10.1. The number of unbranched alkanes of at least 4 members (excludes halogenated alkanes) is 1. The second-order valence-electron chi connectivity index (χ2n) is 5.64. The van der Waals surface area contributed by atoms with Gasteiger partial charge in [0.1, 0.15) is 0 Å². The van der Waals surface area contributed by atoms with Crippen LogP contribution >= 0.6 is 0 Å². The van der Waals surface area contributed by atoms with E-state index < -0.39 is 0 Å². The summed E-state index contributed by atoms with van der Waals surface area (Å²) in [5.41, 5.74) is 2.39. The Morgan fingerprint density at radius 3 is 2.16 bits per heavy atom. The predicted octanol–water partition coefficient (Wildman–Crippen LogP) is 4.31. The summed E-state index contributed by atoms with van der Waals surface area (Å²) in [5, 5.41) is 2.89. The van der Waals surface area contributed by atoms with E-state index in [4.69, 9.17) is 14.2 Å². The van der Waals surface area contributed by atoms with E-state index in [2.05, 4.69) is 12.2 Å². The molecule has 2 rings (SSSR count). The maximum Gasteiger partial charge on any atom is 0.259 e. The number of ether oxygens (including phenoxy) is 3. The van der Waals surface area contributed by atoms with E-state index in [1.54, 1.807) is 12.1 Å². The van der Waals surface area contributed by atoms with Gasteiger partial charge in [0.2, 0.25) is 5.75 Å². The van der Waals surface area contributed by atoms with Crippen LogP contribution in [0.25, 0.3) is 0 Å². The zero-order chi connectivity index (χ0) is 18.2. The molecule has 1 amide bonds. The molecule has 0 aliphatic rings. The quantitative estimate of drug-likeness (QED) is 0.776. The number of carbonyl (C=O) groups is 1. The molecule has 5 heteroatoms. The number of nitrogens with one attached hydrogen (secondary N) is 1. The molecule has 1 N–H and O–H groups in total. The first-order valence-electron chi connectivity index (χ1n) is 8.33. The van der Waals surface area contributed by atoms with Gasteiger partial charge in [-0.15, -0.1) is 0 Å². The average Bonchev–Trinajstić information content (AvgIpc) is 2.65. The van der Waals surface area contributed by atoms with E-state index in [9.17, 15) is 4.79 Å². The Morgan fingerprint density at radius 2 is 1.60 bits per heavy atom. The fourth-order valence-electron chi connectivity index (χ4n) is 2.61. The number of anilines is 1. The van der Waals surface area contributed by atoms with Crippen molar-refractivity contribution in [3.05, 3.63) is 47.5 Å². The minimum Gasteiger partial charge on any atom is -0.493 e. The van der Waals surface area contributed by atoms with Crippen molar-refractivity contribution in [2.75, 3.05) is 26.6 Å². The molecular weight excluding hydrogens is 318 g/mol. The number of hydrogen-bond donors (Lipinski definition) is 1. The molecule has 0 unspecified atom stereocenters. The van der Waals surface area contributed by atoms with E-state index in [-0.39, 0.29) is 5.91 Å². The first-order valence-corrected chi connectivity index (χ1v) is 8.33. The Balaban J connectivity index is 2.20. The van der Waals surface area contributed by atoms with Crippen LogP contribution in [-0.4, -0.2) is 27.2 Å². The third kappa shape index (κ3) is 4.44. The monoisotopic (exact) mass is 343 g/mol. The zero-order valence-corrected chi connectivity index (χ0v) is 15.2. The van der Waals surface area contributed by atoms with Crippen LogP contribution in [0.1, 0.15) is 35.7 Å². The lowest BCUT2D eigenvalue weighted by Crippen LogP contribution is -2.14. The molecule has 5 nitrogen and oxygen atoms in total. The highest BCUT2D eigenvalue weighted by molar-refractivity contribution is 6.07. The standard InChI is InChI=1S/C20H25NO4/c1-5-6-7-14-8-10-15(11-9-14)21-20(22)16-12-13-17(23-2)19(25-4)18(16)24-3/h8-13H,5-7H2,1-4H3,(H,21,22). The summed E-state index contributed by atoms with van der Waals surface area (Å²) in [6.07, 6.45) is 3.38. The molecule has 0 saturated heterocycles. The molecule has 2 aromatic rings. The molecule has 0 bridgehead atoms. The smallest absolute Gasteiger partial charge is 0.259 e. The first-order chi connectivity index (χ1) is 12.1. The van der Waals surface area contributed by atoms with Crippen molar-refractivity contribution in [2.45, 2.75) is 26.2 Å². The van der Waals surface area contributed by atoms with Crippen LogP contribution in [0.15, 0.2) is 36.4 Å². The molecule has 0 saturated carbocycles. The SMILES string of the molecule is CCCCc1ccc(NC(=O)c2ccc(OC)c(OC)c2OC)cc1. The van der Waals surface area contributed by atoms with Crippen LogP contribution in [0.2, 0.25) is 0 Å². The third-order valence-corrected chi connectivity index (χ3v) is 3.98. The normalized spacial score (nSPS) is 10.2. The lowest BCUT2D eigenvalue weighted by Gasteiger charge is -2.15. The lowest BCUT2D eigenvalue weighted by molar-refractivity contribution is 0.102. The fraction of sp³-hybridized carbons (Fsp3) is 0.350. The molecule has 25 heavy (non-hydrogen) atoms. The van der Waals surface area contributed by atoms with E-state index in [0.29, 0.717) is 22.8 Å². The summed E-state index contributed by atoms with van der Waals surface area (Å²) in [6, 6.07) is 11.2. The topological polar surface area (TPSA) is 56.8 Å². The maximum atomic E-state index is 12.6. The maximum absolute atomic E-state index is 12.6. The highest BCUT2D eigenvalue weighted by atomic mass is 16.5. The number of rotatable bonds is 8. The van der Waals surface area contributed by atoms with Gasteiger partial charge in [-0.05, 0) is 42.7 Å². The van der Waals surface area contributed by atoms with Crippen LogP contribution in [-0.2, 0) is 6.42 Å². The Hall–Kier alpha value is -2.69. The van der Waals surface area contributed by atoms with E-state index in [1.165, 1.54) is 26.9 Å². The summed E-state index contributed by atoms with van der Waals surface area (Å²) in [7, 11) is 4.55. The second kappa shape index (κ2) is 8.97. The van der Waals surface area contributed by atoms with Crippen molar-refractivity contribution in [3.63, 3.8) is 0 Å². The van der Waals surface area contributed by atoms with E-state index in [0.717, 1.165) is 24.9 Å². The second-order valence-corrected chi connectivity index (χ2v) is 5.64. The van der Waals surface area contributed by atoms with Gasteiger partial charge < -0.3 is 19.5 Å². The highest BCUT2D eigenvalue weighted by Gasteiger charge is 2.20. The Morgan fingerprint density at radius 1 is 0.920 bits per heavy atom. The molecular formula is C20H25NO4. The minimum absolute atomic E-state index is 0.265. The van der Waals surface area contributed by atoms with Crippen molar-refractivity contribution in [1.29, 1.82) is 0 Å². The number of aryl methyl sites for hydroxylation is 1. The molecule has 134 valence electrons. The summed E-state index contributed by atoms with van der Waals surface area (Å²) < 4.78 is 15.9. The largest absolute Gasteiger partial charge is 0.493 e. The fourth-order valence-corrected chi connectivity index (χ4v) is 2.61. The minimum atomic E-state index is -0.265. The number of benzene rings is 2. The van der Waals surface area contributed by atoms with Gasteiger partial charge in [0.25, 0.3) is 5.91 Å². The van der Waals surface area contributed by atoms with Crippen LogP contribution in [0, 0.1) is 0 Å². The summed E-state index contributed by atoms with van der Waals surface area (Å²) in [5.74, 6) is 0.988. The van der Waals surface area contributed by atoms with Crippen molar-refractivity contribution in [1.82, 2.24) is 0 Å². The van der Waals surface area contributed by atoms with Gasteiger partial charge in [-0.3, -0.25) is 4.79 Å².